The molecule has 0 aliphatic carbocycles. The number of carbonyl (C=O) groups is 1. The molecule has 0 saturated carbocycles. The fourth-order valence-corrected chi connectivity index (χ4v) is 3.23. The zero-order valence-corrected chi connectivity index (χ0v) is 15.9. The van der Waals surface area contributed by atoms with Crippen molar-refractivity contribution in [3.63, 3.8) is 0 Å². The lowest BCUT2D eigenvalue weighted by Crippen LogP contribution is -2.15. The predicted octanol–water partition coefficient (Wildman–Crippen LogP) is 4.27. The van der Waals surface area contributed by atoms with Gasteiger partial charge >= 0.3 is 0 Å². The number of ether oxygens (including phenoxy) is 1. The molecular weight excluding hydrogens is 376 g/mol. The van der Waals surface area contributed by atoms with Gasteiger partial charge in [-0.25, -0.2) is 0 Å². The van der Waals surface area contributed by atoms with Crippen molar-refractivity contribution < 1.29 is 9.53 Å². The van der Waals surface area contributed by atoms with Crippen LogP contribution in [0.3, 0.4) is 0 Å². The van der Waals surface area contributed by atoms with Gasteiger partial charge in [-0.3, -0.25) is 9.59 Å². The van der Waals surface area contributed by atoms with Gasteiger partial charge in [0.25, 0.3) is 5.56 Å². The zero-order valence-electron chi connectivity index (χ0n) is 15.1. The van der Waals surface area contributed by atoms with E-state index in [9.17, 15) is 9.59 Å². The predicted molar refractivity (Wildman–Crippen MR) is 110 cm³/mol. The van der Waals surface area contributed by atoms with Crippen LogP contribution in [0, 0.1) is 0 Å². The minimum atomic E-state index is -0.167. The van der Waals surface area contributed by atoms with E-state index in [0.717, 1.165) is 10.9 Å². The highest BCUT2D eigenvalue weighted by atomic mass is 35.5. The molecule has 2 heterocycles. The average molecular weight is 393 g/mol. The van der Waals surface area contributed by atoms with Gasteiger partial charge in [-0.2, -0.15) is 0 Å². The number of ketones is 1. The number of nitrogens with one attached hydrogen (secondary N) is 1. The van der Waals surface area contributed by atoms with Crippen molar-refractivity contribution in [2.45, 2.75) is 6.54 Å². The van der Waals surface area contributed by atoms with E-state index in [1.165, 1.54) is 0 Å². The number of hydrogen-bond acceptors (Lipinski definition) is 3. The van der Waals surface area contributed by atoms with Gasteiger partial charge in [-0.15, -0.1) is 0 Å². The molecule has 0 bridgehead atoms. The van der Waals surface area contributed by atoms with E-state index in [0.29, 0.717) is 34.0 Å². The lowest BCUT2D eigenvalue weighted by Gasteiger charge is -2.06. The fourth-order valence-electron chi connectivity index (χ4n) is 3.11. The largest absolute Gasteiger partial charge is 0.497 e. The summed E-state index contributed by atoms with van der Waals surface area (Å²) < 4.78 is 7.01. The monoisotopic (exact) mass is 392 g/mol. The fraction of sp³-hybridized carbons (Fsp3) is 0.0909. The smallest absolute Gasteiger partial charge is 0.253 e. The molecule has 28 heavy (non-hydrogen) atoms. The van der Waals surface area contributed by atoms with Gasteiger partial charge in [0.05, 0.1) is 19.2 Å². The number of fused-ring (bicyclic) bond motifs is 1. The van der Waals surface area contributed by atoms with Crippen molar-refractivity contribution >= 4 is 28.3 Å². The van der Waals surface area contributed by atoms with E-state index < -0.39 is 0 Å². The van der Waals surface area contributed by atoms with E-state index in [1.54, 1.807) is 55.9 Å². The van der Waals surface area contributed by atoms with Crippen LogP contribution < -0.4 is 10.3 Å². The Morgan fingerprint density at radius 3 is 2.61 bits per heavy atom. The molecule has 5 nitrogen and oxygen atoms in total. The Morgan fingerprint density at radius 1 is 1.07 bits per heavy atom. The van der Waals surface area contributed by atoms with Crippen LogP contribution in [-0.4, -0.2) is 22.4 Å². The number of methoxy groups -OCH3 is 1. The highest BCUT2D eigenvalue weighted by molar-refractivity contribution is 6.30. The number of benzene rings is 2. The second-order valence-corrected chi connectivity index (χ2v) is 6.92. The standard InChI is InChI=1S/C22H17ClN2O3/c1-28-19-7-4-15-10-17(22(27)24-20(15)11-19)13-25-9-8-16(12-25)21(26)14-2-5-18(23)6-3-14/h2-12H,13H2,1H3,(H,24,27). The number of aromatic amines is 1. The van der Waals surface area contributed by atoms with Crippen LogP contribution in [0.2, 0.25) is 5.02 Å². The van der Waals surface area contributed by atoms with Crippen LogP contribution in [0.5, 0.6) is 5.75 Å². The number of hydrogen-bond donors (Lipinski definition) is 1. The van der Waals surface area contributed by atoms with Crippen molar-refractivity contribution in [3.05, 3.63) is 99.1 Å². The molecule has 140 valence electrons. The molecule has 6 heteroatoms. The van der Waals surface area contributed by atoms with Crippen LogP contribution in [0.1, 0.15) is 21.5 Å². The minimum absolute atomic E-state index is 0.0880. The number of rotatable bonds is 5. The number of pyridine rings is 1. The first kappa shape index (κ1) is 18.1. The Balaban J connectivity index is 1.60. The third-order valence-corrected chi connectivity index (χ3v) is 4.85. The summed E-state index contributed by atoms with van der Waals surface area (Å²) >= 11 is 5.87. The average Bonchev–Trinajstić information content (AvgIpc) is 3.17. The number of carbonyl (C=O) groups excluding carboxylic acids is 1. The first-order valence-electron chi connectivity index (χ1n) is 8.69. The van der Waals surface area contributed by atoms with Gasteiger partial charge in [0, 0.05) is 40.2 Å². The van der Waals surface area contributed by atoms with Crippen molar-refractivity contribution in [2.24, 2.45) is 0 Å². The lowest BCUT2D eigenvalue weighted by atomic mass is 10.1. The van der Waals surface area contributed by atoms with Crippen molar-refractivity contribution in [1.82, 2.24) is 9.55 Å². The number of halogens is 1. The quantitative estimate of drug-likeness (QED) is 0.516. The molecule has 2 aromatic carbocycles. The van der Waals surface area contributed by atoms with Crippen LogP contribution in [0.15, 0.2) is 71.8 Å². The molecule has 0 saturated heterocycles. The van der Waals surface area contributed by atoms with E-state index in [2.05, 4.69) is 4.98 Å². The summed E-state index contributed by atoms with van der Waals surface area (Å²) in [7, 11) is 1.59. The zero-order chi connectivity index (χ0) is 19.7. The highest BCUT2D eigenvalue weighted by Gasteiger charge is 2.12. The van der Waals surface area contributed by atoms with Crippen LogP contribution in [0.25, 0.3) is 10.9 Å². The van der Waals surface area contributed by atoms with Gasteiger partial charge in [0.15, 0.2) is 5.78 Å². The minimum Gasteiger partial charge on any atom is -0.497 e. The lowest BCUT2D eigenvalue weighted by molar-refractivity contribution is 0.103. The first-order chi connectivity index (χ1) is 13.5. The summed E-state index contributed by atoms with van der Waals surface area (Å²) in [6, 6.07) is 15.9. The molecule has 2 aromatic heterocycles. The molecular formula is C22H17ClN2O3. The Kier molecular flexibility index (Phi) is 4.75. The summed E-state index contributed by atoms with van der Waals surface area (Å²) in [4.78, 5) is 27.9. The molecule has 0 aliphatic heterocycles. The molecule has 1 N–H and O–H groups in total. The van der Waals surface area contributed by atoms with Gasteiger partial charge in [0.1, 0.15) is 5.75 Å². The molecule has 0 radical (unpaired) electrons. The molecule has 0 atom stereocenters. The van der Waals surface area contributed by atoms with Gasteiger partial charge in [-0.1, -0.05) is 11.6 Å². The van der Waals surface area contributed by atoms with Crippen LogP contribution >= 0.6 is 11.6 Å². The van der Waals surface area contributed by atoms with E-state index in [-0.39, 0.29) is 11.3 Å². The molecule has 0 unspecified atom stereocenters. The molecule has 4 aromatic rings. The molecule has 0 aliphatic rings. The molecule has 0 amide bonds. The first-order valence-corrected chi connectivity index (χ1v) is 9.07. The summed E-state index contributed by atoms with van der Waals surface area (Å²) in [6.07, 6.45) is 3.54. The SMILES string of the molecule is COc1ccc2cc(Cn3ccc(C(=O)c4ccc(Cl)cc4)c3)c(=O)[nH]c2c1. The van der Waals surface area contributed by atoms with Crippen LogP contribution in [-0.2, 0) is 6.54 Å². The van der Waals surface area contributed by atoms with Crippen molar-refractivity contribution in [3.8, 4) is 5.75 Å². The molecule has 0 spiro atoms. The molecule has 4 rings (SSSR count). The van der Waals surface area contributed by atoms with E-state index in [4.69, 9.17) is 16.3 Å². The Bertz CT molecular complexity index is 1220. The summed E-state index contributed by atoms with van der Waals surface area (Å²) in [6.45, 7) is 0.366. The topological polar surface area (TPSA) is 64.1 Å². The van der Waals surface area contributed by atoms with Gasteiger partial charge in [0.2, 0.25) is 0 Å². The third-order valence-electron chi connectivity index (χ3n) is 4.60. The van der Waals surface area contributed by atoms with Gasteiger partial charge < -0.3 is 14.3 Å². The van der Waals surface area contributed by atoms with E-state index in [1.807, 2.05) is 22.8 Å². The Morgan fingerprint density at radius 2 is 1.86 bits per heavy atom. The third kappa shape index (κ3) is 3.57. The van der Waals surface area contributed by atoms with Crippen LogP contribution in [0.4, 0.5) is 0 Å². The summed E-state index contributed by atoms with van der Waals surface area (Å²) in [5.74, 6) is 0.599. The van der Waals surface area contributed by atoms with Crippen molar-refractivity contribution in [1.29, 1.82) is 0 Å². The Hall–Kier alpha value is -3.31. The van der Waals surface area contributed by atoms with Crippen molar-refractivity contribution in [2.75, 3.05) is 7.11 Å². The second kappa shape index (κ2) is 7.37. The summed E-state index contributed by atoms with van der Waals surface area (Å²) in [5.41, 5.74) is 2.29. The maximum absolute atomic E-state index is 12.6. The normalized spacial score (nSPS) is 10.9. The maximum Gasteiger partial charge on any atom is 0.253 e. The highest BCUT2D eigenvalue weighted by Crippen LogP contribution is 2.19. The Labute approximate surface area is 166 Å². The van der Waals surface area contributed by atoms with E-state index >= 15 is 0 Å². The molecule has 0 fully saturated rings. The maximum atomic E-state index is 12.6. The second-order valence-electron chi connectivity index (χ2n) is 6.49. The summed E-state index contributed by atoms with van der Waals surface area (Å²) in [5, 5.41) is 1.50. The van der Waals surface area contributed by atoms with Gasteiger partial charge in [-0.05, 0) is 53.9 Å². The number of aromatic nitrogens is 2. The number of nitrogens with zero attached hydrogens (tertiary/aromatic N) is 1. The number of H-pyrrole nitrogens is 1.